The lowest BCUT2D eigenvalue weighted by Crippen LogP contribution is -2.35. The molecule has 0 spiro atoms. The predicted octanol–water partition coefficient (Wildman–Crippen LogP) is -0.175. The van der Waals surface area contributed by atoms with Gasteiger partial charge in [-0.1, -0.05) is 24.3 Å². The number of benzene rings is 2. The lowest BCUT2D eigenvalue weighted by Gasteiger charge is -2.08. The molecular formula is C18H16N3O5-. The van der Waals surface area contributed by atoms with Crippen LogP contribution in [0.1, 0.15) is 21.5 Å². The number of carbonyl (C=O) groups excluding carboxylic acids is 3. The van der Waals surface area contributed by atoms with E-state index in [-0.39, 0.29) is 12.2 Å². The number of carbonyl (C=O) groups is 3. The highest BCUT2D eigenvalue weighted by molar-refractivity contribution is 6.34. The largest absolute Gasteiger partial charge is 0.545 e. The molecule has 0 atom stereocenters. The van der Waals surface area contributed by atoms with Gasteiger partial charge in [0.2, 0.25) is 0 Å². The first-order chi connectivity index (χ1) is 12.5. The van der Waals surface area contributed by atoms with Gasteiger partial charge in [-0.25, -0.2) is 5.43 Å². The number of nitrogens with one attached hydrogen (secondary N) is 2. The van der Waals surface area contributed by atoms with Crippen molar-refractivity contribution in [3.05, 3.63) is 65.2 Å². The quantitative estimate of drug-likeness (QED) is 0.424. The molecule has 0 aliphatic heterocycles. The molecule has 0 unspecified atom stereocenters. The maximum atomic E-state index is 11.2. The topological polar surface area (TPSA) is 120 Å². The summed E-state index contributed by atoms with van der Waals surface area (Å²) < 4.78 is 5.61. The molecule has 0 aliphatic carbocycles. The first-order valence-corrected chi connectivity index (χ1v) is 7.58. The summed E-state index contributed by atoms with van der Waals surface area (Å²) in [5, 5.41) is 16.5. The van der Waals surface area contributed by atoms with E-state index < -0.39 is 17.8 Å². The van der Waals surface area contributed by atoms with E-state index in [1.807, 2.05) is 0 Å². The van der Waals surface area contributed by atoms with E-state index in [4.69, 9.17) is 4.74 Å². The Morgan fingerprint density at radius 1 is 1.04 bits per heavy atom. The van der Waals surface area contributed by atoms with Crippen LogP contribution in [0, 0.1) is 0 Å². The zero-order valence-corrected chi connectivity index (χ0v) is 13.9. The van der Waals surface area contributed by atoms with Crippen LogP contribution < -0.4 is 20.6 Å². The molecule has 2 amide bonds. The highest BCUT2D eigenvalue weighted by Gasteiger charge is 2.08. The van der Waals surface area contributed by atoms with Gasteiger partial charge in [-0.05, 0) is 41.0 Å². The third-order valence-electron chi connectivity index (χ3n) is 3.29. The van der Waals surface area contributed by atoms with Crippen molar-refractivity contribution in [1.82, 2.24) is 10.7 Å². The number of carboxylic acid groups (broad SMARTS) is 1. The van der Waals surface area contributed by atoms with Crippen molar-refractivity contribution in [2.45, 2.75) is 6.61 Å². The van der Waals surface area contributed by atoms with Crippen LogP contribution in [0.2, 0.25) is 0 Å². The minimum atomic E-state index is -1.22. The van der Waals surface area contributed by atoms with Crippen LogP contribution in [-0.4, -0.2) is 31.0 Å². The van der Waals surface area contributed by atoms with Crippen LogP contribution in [-0.2, 0) is 16.2 Å². The summed E-state index contributed by atoms with van der Waals surface area (Å²) in [6.07, 6.45) is 1.39. The van der Waals surface area contributed by atoms with Crippen LogP contribution in [0.25, 0.3) is 0 Å². The summed E-state index contributed by atoms with van der Waals surface area (Å²) in [5.74, 6) is -2.24. The molecule has 26 heavy (non-hydrogen) atoms. The molecule has 2 aromatic carbocycles. The fourth-order valence-corrected chi connectivity index (χ4v) is 1.88. The molecule has 0 saturated heterocycles. The second-order valence-corrected chi connectivity index (χ2v) is 5.12. The fraction of sp³-hybridized carbons (Fsp3) is 0.111. The number of likely N-dealkylation sites (N-methyl/N-ethyl adjacent to an activating group) is 1. The molecule has 0 radical (unpaired) electrons. The first kappa shape index (κ1) is 18.7. The smallest absolute Gasteiger partial charge is 0.329 e. The number of rotatable bonds is 6. The standard InChI is InChI=1S/C18H17N3O5/c1-19-16(22)17(23)21-20-10-12-4-8-15(9-5-12)26-11-13-2-6-14(7-3-13)18(24)25/h2-10H,11H2,1H3,(H,19,22)(H,21,23)(H,24,25)/p-1/b20-10-. The van der Waals surface area contributed by atoms with Crippen molar-refractivity contribution >= 4 is 24.0 Å². The first-order valence-electron chi connectivity index (χ1n) is 7.58. The number of nitrogens with zero attached hydrogens (tertiary/aromatic N) is 1. The van der Waals surface area contributed by atoms with Crippen molar-refractivity contribution in [3.63, 3.8) is 0 Å². The van der Waals surface area contributed by atoms with E-state index >= 15 is 0 Å². The Morgan fingerprint density at radius 3 is 2.27 bits per heavy atom. The minimum absolute atomic E-state index is 0.112. The van der Waals surface area contributed by atoms with Gasteiger partial charge in [-0.15, -0.1) is 0 Å². The van der Waals surface area contributed by atoms with Gasteiger partial charge in [-0.2, -0.15) is 5.10 Å². The Bertz CT molecular complexity index is 814. The van der Waals surface area contributed by atoms with Crippen LogP contribution in [0.3, 0.4) is 0 Å². The number of carboxylic acids is 1. The lowest BCUT2D eigenvalue weighted by molar-refractivity contribution is -0.255. The third kappa shape index (κ3) is 5.45. The Balaban J connectivity index is 1.86. The molecule has 0 saturated carbocycles. The summed E-state index contributed by atoms with van der Waals surface area (Å²) in [5.41, 5.74) is 3.73. The lowest BCUT2D eigenvalue weighted by atomic mass is 10.1. The Morgan fingerprint density at radius 2 is 1.69 bits per heavy atom. The summed E-state index contributed by atoms with van der Waals surface area (Å²) in [6.45, 7) is 0.281. The van der Waals surface area contributed by atoms with Crippen molar-refractivity contribution in [2.75, 3.05) is 7.05 Å². The van der Waals surface area contributed by atoms with Crippen molar-refractivity contribution in [2.24, 2.45) is 5.10 Å². The number of ether oxygens (including phenoxy) is 1. The Labute approximate surface area is 149 Å². The van der Waals surface area contributed by atoms with E-state index in [9.17, 15) is 19.5 Å². The molecule has 0 bridgehead atoms. The second kappa shape index (κ2) is 8.97. The maximum absolute atomic E-state index is 11.2. The van der Waals surface area contributed by atoms with Crippen molar-refractivity contribution in [1.29, 1.82) is 0 Å². The number of hydrogen-bond donors (Lipinski definition) is 2. The van der Waals surface area contributed by atoms with Crippen LogP contribution >= 0.6 is 0 Å². The van der Waals surface area contributed by atoms with E-state index in [1.54, 1.807) is 36.4 Å². The highest BCUT2D eigenvalue weighted by atomic mass is 16.5. The molecule has 134 valence electrons. The minimum Gasteiger partial charge on any atom is -0.545 e. The monoisotopic (exact) mass is 354 g/mol. The number of hydrogen-bond acceptors (Lipinski definition) is 6. The molecule has 2 aromatic rings. The molecule has 2 rings (SSSR count). The SMILES string of the molecule is CNC(=O)C(=O)N/N=C\c1ccc(OCc2ccc(C(=O)[O-])cc2)cc1. The normalized spacial score (nSPS) is 10.3. The van der Waals surface area contributed by atoms with Gasteiger partial charge < -0.3 is 20.0 Å². The predicted molar refractivity (Wildman–Crippen MR) is 91.3 cm³/mol. The summed E-state index contributed by atoms with van der Waals surface area (Å²) in [6, 6.07) is 13.1. The maximum Gasteiger partial charge on any atom is 0.329 e. The van der Waals surface area contributed by atoms with E-state index in [1.165, 1.54) is 25.4 Å². The summed E-state index contributed by atoms with van der Waals surface area (Å²) >= 11 is 0. The van der Waals surface area contributed by atoms with Gasteiger partial charge in [0.05, 0.1) is 12.2 Å². The van der Waals surface area contributed by atoms with Crippen molar-refractivity contribution in [3.8, 4) is 5.75 Å². The Kier molecular flexibility index (Phi) is 6.44. The van der Waals surface area contributed by atoms with Crippen LogP contribution in [0.4, 0.5) is 0 Å². The summed E-state index contributed by atoms with van der Waals surface area (Å²) in [4.78, 5) is 32.9. The van der Waals surface area contributed by atoms with Gasteiger partial charge in [-0.3, -0.25) is 9.59 Å². The molecule has 8 heteroatoms. The van der Waals surface area contributed by atoms with Gasteiger partial charge in [0, 0.05) is 7.05 Å². The average Bonchev–Trinajstić information content (AvgIpc) is 2.66. The fourth-order valence-electron chi connectivity index (χ4n) is 1.88. The number of hydrazone groups is 1. The molecule has 0 fully saturated rings. The number of amides is 2. The molecule has 8 nitrogen and oxygen atoms in total. The summed E-state index contributed by atoms with van der Waals surface area (Å²) in [7, 11) is 1.35. The highest BCUT2D eigenvalue weighted by Crippen LogP contribution is 2.14. The zero-order chi connectivity index (χ0) is 18.9. The van der Waals surface area contributed by atoms with Crippen LogP contribution in [0.5, 0.6) is 5.75 Å². The number of aromatic carboxylic acids is 1. The van der Waals surface area contributed by atoms with Gasteiger partial charge >= 0.3 is 11.8 Å². The molecule has 0 aliphatic rings. The van der Waals surface area contributed by atoms with E-state index in [2.05, 4.69) is 15.8 Å². The Hall–Kier alpha value is -3.68. The van der Waals surface area contributed by atoms with Gasteiger partial charge in [0.15, 0.2) is 0 Å². The molecular weight excluding hydrogens is 338 g/mol. The third-order valence-corrected chi connectivity index (χ3v) is 3.29. The van der Waals surface area contributed by atoms with E-state index in [0.717, 1.165) is 5.56 Å². The zero-order valence-electron chi connectivity index (χ0n) is 13.9. The molecule has 2 N–H and O–H groups in total. The van der Waals surface area contributed by atoms with Crippen molar-refractivity contribution < 1.29 is 24.2 Å². The second-order valence-electron chi connectivity index (χ2n) is 5.12. The average molecular weight is 354 g/mol. The van der Waals surface area contributed by atoms with Gasteiger partial charge in [0.1, 0.15) is 12.4 Å². The molecule has 0 aromatic heterocycles. The van der Waals surface area contributed by atoms with E-state index in [0.29, 0.717) is 11.3 Å². The van der Waals surface area contributed by atoms with Crippen LogP contribution in [0.15, 0.2) is 53.6 Å². The van der Waals surface area contributed by atoms with Gasteiger partial charge in [0.25, 0.3) is 0 Å². The molecule has 0 heterocycles.